The maximum Gasteiger partial charge on any atom is 0.295 e. The van der Waals surface area contributed by atoms with E-state index in [9.17, 15) is 4.79 Å². The summed E-state index contributed by atoms with van der Waals surface area (Å²) in [6, 6.07) is 20.9. The first kappa shape index (κ1) is 16.7. The molecule has 0 aliphatic carbocycles. The molecule has 1 amide bonds. The Balaban J connectivity index is 1.72. The number of pyridine rings is 1. The first-order chi connectivity index (χ1) is 13.2. The molecule has 0 fully saturated rings. The highest BCUT2D eigenvalue weighted by atomic mass is 16.2. The summed E-state index contributed by atoms with van der Waals surface area (Å²) in [6.45, 7) is 1.99. The second-order valence-corrected chi connectivity index (χ2v) is 6.07. The molecule has 2 heterocycles. The number of carbonyl (C=O) groups excluding carboxylic acids is 1. The van der Waals surface area contributed by atoms with Crippen LogP contribution in [-0.4, -0.2) is 25.7 Å². The lowest BCUT2D eigenvalue weighted by Gasteiger charge is -2.04. The summed E-state index contributed by atoms with van der Waals surface area (Å²) in [6.07, 6.45) is 3.37. The second kappa shape index (κ2) is 7.21. The molecular formula is C21H17N5O. The Morgan fingerprint density at radius 2 is 1.74 bits per heavy atom. The van der Waals surface area contributed by atoms with Gasteiger partial charge in [0.25, 0.3) is 5.91 Å². The Bertz CT molecular complexity index is 1000. The summed E-state index contributed by atoms with van der Waals surface area (Å²) in [4.78, 5) is 21.3. The van der Waals surface area contributed by atoms with E-state index in [4.69, 9.17) is 0 Å². The van der Waals surface area contributed by atoms with Gasteiger partial charge in [-0.25, -0.2) is 9.67 Å². The summed E-state index contributed by atoms with van der Waals surface area (Å²) in [7, 11) is 0. The van der Waals surface area contributed by atoms with Crippen LogP contribution in [0.5, 0.6) is 0 Å². The summed E-state index contributed by atoms with van der Waals surface area (Å²) in [5.41, 5.74) is 3.42. The van der Waals surface area contributed by atoms with Crippen molar-refractivity contribution in [3.8, 4) is 17.1 Å². The summed E-state index contributed by atoms with van der Waals surface area (Å²) >= 11 is 0. The van der Waals surface area contributed by atoms with E-state index < -0.39 is 0 Å². The van der Waals surface area contributed by atoms with E-state index in [1.807, 2.05) is 73.7 Å². The number of hydrogen-bond acceptors (Lipinski definition) is 4. The van der Waals surface area contributed by atoms with E-state index in [0.717, 1.165) is 16.8 Å². The number of rotatable bonds is 4. The lowest BCUT2D eigenvalue weighted by molar-refractivity contribution is 0.101. The topological polar surface area (TPSA) is 72.7 Å². The van der Waals surface area contributed by atoms with Crippen molar-refractivity contribution in [3.05, 3.63) is 90.5 Å². The van der Waals surface area contributed by atoms with Gasteiger partial charge in [-0.05, 0) is 31.2 Å². The molecule has 0 spiro atoms. The first-order valence-corrected chi connectivity index (χ1v) is 8.51. The molecule has 2 aromatic heterocycles. The minimum absolute atomic E-state index is 0.0956. The maximum absolute atomic E-state index is 12.7. The van der Waals surface area contributed by atoms with E-state index in [2.05, 4.69) is 20.4 Å². The van der Waals surface area contributed by atoms with E-state index in [1.54, 1.807) is 17.1 Å². The van der Waals surface area contributed by atoms with Crippen molar-refractivity contribution in [2.24, 2.45) is 0 Å². The van der Waals surface area contributed by atoms with Crippen LogP contribution in [0.15, 0.2) is 79.1 Å². The van der Waals surface area contributed by atoms with Crippen molar-refractivity contribution in [1.29, 1.82) is 0 Å². The standard InChI is InChI=1S/C21H17N5O/c1-15-9-11-17(12-10-15)23-21(27)19-24-20(16-6-3-2-4-7-16)26(25-19)18-8-5-13-22-14-18/h2-14H,1H3,(H,23,27). The van der Waals surface area contributed by atoms with Gasteiger partial charge in [-0.3, -0.25) is 9.78 Å². The lowest BCUT2D eigenvalue weighted by atomic mass is 10.2. The van der Waals surface area contributed by atoms with E-state index >= 15 is 0 Å². The molecule has 6 heteroatoms. The molecule has 27 heavy (non-hydrogen) atoms. The van der Waals surface area contributed by atoms with Crippen LogP contribution in [0.2, 0.25) is 0 Å². The lowest BCUT2D eigenvalue weighted by Crippen LogP contribution is -2.14. The molecule has 0 saturated heterocycles. The van der Waals surface area contributed by atoms with Crippen molar-refractivity contribution in [3.63, 3.8) is 0 Å². The van der Waals surface area contributed by atoms with Crippen LogP contribution in [0.3, 0.4) is 0 Å². The fraction of sp³-hybridized carbons (Fsp3) is 0.0476. The van der Waals surface area contributed by atoms with Crippen molar-refractivity contribution >= 4 is 11.6 Å². The van der Waals surface area contributed by atoms with Crippen LogP contribution < -0.4 is 5.32 Å². The van der Waals surface area contributed by atoms with E-state index in [1.165, 1.54) is 0 Å². The molecule has 6 nitrogen and oxygen atoms in total. The number of hydrogen-bond donors (Lipinski definition) is 1. The van der Waals surface area contributed by atoms with Crippen molar-refractivity contribution < 1.29 is 4.79 Å². The van der Waals surface area contributed by atoms with Gasteiger partial charge < -0.3 is 5.32 Å². The Labute approximate surface area is 156 Å². The zero-order chi connectivity index (χ0) is 18.6. The average molecular weight is 355 g/mol. The fourth-order valence-corrected chi connectivity index (χ4v) is 2.67. The number of nitrogens with zero attached hydrogens (tertiary/aromatic N) is 4. The van der Waals surface area contributed by atoms with Gasteiger partial charge in [-0.1, -0.05) is 48.0 Å². The molecule has 0 saturated carbocycles. The van der Waals surface area contributed by atoms with Gasteiger partial charge >= 0.3 is 0 Å². The zero-order valence-electron chi connectivity index (χ0n) is 14.7. The van der Waals surface area contributed by atoms with Gasteiger partial charge in [0.2, 0.25) is 5.82 Å². The van der Waals surface area contributed by atoms with Gasteiger partial charge in [0.15, 0.2) is 5.82 Å². The predicted octanol–water partition coefficient (Wildman–Crippen LogP) is 3.89. The van der Waals surface area contributed by atoms with Crippen LogP contribution >= 0.6 is 0 Å². The average Bonchev–Trinajstić information content (AvgIpc) is 3.17. The number of amides is 1. The van der Waals surface area contributed by atoms with Crippen LogP contribution in [0.25, 0.3) is 17.1 Å². The van der Waals surface area contributed by atoms with Gasteiger partial charge in [-0.15, -0.1) is 5.10 Å². The van der Waals surface area contributed by atoms with Gasteiger partial charge in [0.05, 0.1) is 11.9 Å². The molecule has 132 valence electrons. The predicted molar refractivity (Wildman–Crippen MR) is 104 cm³/mol. The molecule has 4 aromatic rings. The third-order valence-corrected chi connectivity index (χ3v) is 4.04. The number of carbonyl (C=O) groups is 1. The largest absolute Gasteiger partial charge is 0.319 e. The normalized spacial score (nSPS) is 10.6. The monoisotopic (exact) mass is 355 g/mol. The zero-order valence-corrected chi connectivity index (χ0v) is 14.7. The highest BCUT2D eigenvalue weighted by molar-refractivity contribution is 6.01. The second-order valence-electron chi connectivity index (χ2n) is 6.07. The summed E-state index contributed by atoms with van der Waals surface area (Å²) in [5, 5.41) is 7.26. The maximum atomic E-state index is 12.7. The molecule has 4 rings (SSSR count). The van der Waals surface area contributed by atoms with Crippen LogP contribution in [-0.2, 0) is 0 Å². The number of anilines is 1. The molecule has 0 radical (unpaired) electrons. The van der Waals surface area contributed by atoms with Crippen molar-refractivity contribution in [2.75, 3.05) is 5.32 Å². The number of aromatic nitrogens is 4. The summed E-state index contributed by atoms with van der Waals surface area (Å²) < 4.78 is 1.63. The Kier molecular flexibility index (Phi) is 4.45. The molecule has 0 atom stereocenters. The Morgan fingerprint density at radius 1 is 0.963 bits per heavy atom. The number of nitrogens with one attached hydrogen (secondary N) is 1. The Morgan fingerprint density at radius 3 is 2.44 bits per heavy atom. The van der Waals surface area contributed by atoms with Crippen LogP contribution in [0.1, 0.15) is 16.2 Å². The first-order valence-electron chi connectivity index (χ1n) is 8.51. The molecule has 0 aliphatic heterocycles. The van der Waals surface area contributed by atoms with Crippen LogP contribution in [0, 0.1) is 6.92 Å². The highest BCUT2D eigenvalue weighted by Crippen LogP contribution is 2.21. The van der Waals surface area contributed by atoms with Crippen molar-refractivity contribution in [2.45, 2.75) is 6.92 Å². The van der Waals surface area contributed by atoms with Gasteiger partial charge in [-0.2, -0.15) is 0 Å². The minimum Gasteiger partial charge on any atom is -0.319 e. The molecular weight excluding hydrogens is 338 g/mol. The quantitative estimate of drug-likeness (QED) is 0.603. The highest BCUT2D eigenvalue weighted by Gasteiger charge is 2.19. The molecule has 0 aliphatic rings. The number of benzene rings is 2. The SMILES string of the molecule is Cc1ccc(NC(=O)c2nc(-c3ccccc3)n(-c3cccnc3)n2)cc1. The van der Waals surface area contributed by atoms with E-state index in [0.29, 0.717) is 11.5 Å². The molecule has 2 aromatic carbocycles. The van der Waals surface area contributed by atoms with Gasteiger partial charge in [0.1, 0.15) is 0 Å². The summed E-state index contributed by atoms with van der Waals surface area (Å²) in [5.74, 6) is 0.314. The van der Waals surface area contributed by atoms with Crippen LogP contribution in [0.4, 0.5) is 5.69 Å². The number of aryl methyl sites for hydroxylation is 1. The minimum atomic E-state index is -0.362. The Hall–Kier alpha value is -3.80. The molecule has 0 unspecified atom stereocenters. The fourth-order valence-electron chi connectivity index (χ4n) is 2.67. The van der Waals surface area contributed by atoms with Crippen molar-refractivity contribution in [1.82, 2.24) is 19.7 Å². The smallest absolute Gasteiger partial charge is 0.295 e. The third-order valence-electron chi connectivity index (χ3n) is 4.04. The molecule has 1 N–H and O–H groups in total. The molecule has 0 bridgehead atoms. The van der Waals surface area contributed by atoms with Gasteiger partial charge in [0, 0.05) is 17.4 Å². The van der Waals surface area contributed by atoms with E-state index in [-0.39, 0.29) is 11.7 Å². The third kappa shape index (κ3) is 3.59.